The van der Waals surface area contributed by atoms with Gasteiger partial charge in [0.05, 0.1) is 5.56 Å². The van der Waals surface area contributed by atoms with Crippen molar-refractivity contribution < 1.29 is 0 Å². The average Bonchev–Trinajstić information content (AvgIpc) is 2.18. The minimum atomic E-state index is 0.566. The number of aromatic nitrogens is 1. The molecule has 13 heavy (non-hydrogen) atoms. The largest absolute Gasteiger partial charge is 0.259 e. The van der Waals surface area contributed by atoms with Gasteiger partial charge in [-0.3, -0.25) is 4.98 Å². The summed E-state index contributed by atoms with van der Waals surface area (Å²) in [6, 6.07) is 4.11. The lowest BCUT2D eigenvalue weighted by Crippen LogP contribution is -2.09. The Balaban J connectivity index is 2.47. The Bertz CT molecular complexity index is 363. The number of rotatable bonds is 0. The van der Waals surface area contributed by atoms with Crippen LogP contribution in [0.1, 0.15) is 42.5 Å². The zero-order chi connectivity index (χ0) is 9.26. The van der Waals surface area contributed by atoms with Crippen LogP contribution in [0, 0.1) is 11.3 Å². The molecule has 0 fully saturated rings. The second kappa shape index (κ2) is 3.18. The van der Waals surface area contributed by atoms with E-state index >= 15 is 0 Å². The SMILES string of the molecule is CC1CCCc2cc(C#N)cnc21. The summed E-state index contributed by atoms with van der Waals surface area (Å²) >= 11 is 0. The highest BCUT2D eigenvalue weighted by molar-refractivity contribution is 5.35. The lowest BCUT2D eigenvalue weighted by Gasteiger charge is -2.20. The van der Waals surface area contributed by atoms with E-state index in [0.29, 0.717) is 11.5 Å². The maximum absolute atomic E-state index is 8.72. The van der Waals surface area contributed by atoms with E-state index in [2.05, 4.69) is 18.0 Å². The highest BCUT2D eigenvalue weighted by Gasteiger charge is 2.17. The molecule has 0 spiro atoms. The summed E-state index contributed by atoms with van der Waals surface area (Å²) in [4.78, 5) is 4.35. The molecule has 1 aromatic rings. The number of fused-ring (bicyclic) bond motifs is 1. The molecule has 1 aliphatic rings. The van der Waals surface area contributed by atoms with Gasteiger partial charge in [-0.05, 0) is 36.8 Å². The molecular formula is C11H12N2. The summed E-state index contributed by atoms with van der Waals surface area (Å²) in [6.07, 6.45) is 5.22. The first-order valence-corrected chi connectivity index (χ1v) is 4.70. The second-order valence-electron chi connectivity index (χ2n) is 3.67. The number of hydrogen-bond donors (Lipinski definition) is 0. The second-order valence-corrected chi connectivity index (χ2v) is 3.67. The van der Waals surface area contributed by atoms with E-state index in [9.17, 15) is 0 Å². The monoisotopic (exact) mass is 172 g/mol. The van der Waals surface area contributed by atoms with Crippen molar-refractivity contribution in [3.05, 3.63) is 29.1 Å². The van der Waals surface area contributed by atoms with Crippen LogP contribution in [0.2, 0.25) is 0 Å². The quantitative estimate of drug-likeness (QED) is 0.602. The molecule has 0 saturated heterocycles. The smallest absolute Gasteiger partial charge is 0.101 e. The molecule has 0 amide bonds. The predicted molar refractivity (Wildman–Crippen MR) is 50.3 cm³/mol. The molecule has 1 heterocycles. The van der Waals surface area contributed by atoms with E-state index < -0.39 is 0 Å². The molecule has 0 radical (unpaired) electrons. The fraction of sp³-hybridized carbons (Fsp3) is 0.455. The highest BCUT2D eigenvalue weighted by Crippen LogP contribution is 2.29. The minimum Gasteiger partial charge on any atom is -0.259 e. The predicted octanol–water partition coefficient (Wildman–Crippen LogP) is 2.39. The van der Waals surface area contributed by atoms with Crippen LogP contribution >= 0.6 is 0 Å². The van der Waals surface area contributed by atoms with E-state index in [1.807, 2.05) is 6.07 Å². The minimum absolute atomic E-state index is 0.566. The van der Waals surface area contributed by atoms with Gasteiger partial charge in [-0.25, -0.2) is 0 Å². The van der Waals surface area contributed by atoms with Crippen molar-refractivity contribution in [1.82, 2.24) is 4.98 Å². The zero-order valence-electron chi connectivity index (χ0n) is 7.75. The molecule has 1 atom stereocenters. The van der Waals surface area contributed by atoms with Crippen LogP contribution in [0.25, 0.3) is 0 Å². The van der Waals surface area contributed by atoms with Crippen LogP contribution in [0.3, 0.4) is 0 Å². The Hall–Kier alpha value is -1.36. The number of aryl methyl sites for hydroxylation is 1. The van der Waals surface area contributed by atoms with Crippen LogP contribution < -0.4 is 0 Å². The zero-order valence-corrected chi connectivity index (χ0v) is 7.75. The molecule has 0 aliphatic heterocycles. The summed E-state index contributed by atoms with van der Waals surface area (Å²) in [7, 11) is 0. The molecule has 0 N–H and O–H groups in total. The molecule has 2 rings (SSSR count). The van der Waals surface area contributed by atoms with Crippen molar-refractivity contribution in [2.45, 2.75) is 32.1 Å². The lowest BCUT2D eigenvalue weighted by atomic mass is 9.87. The number of pyridine rings is 1. The third-order valence-corrected chi connectivity index (χ3v) is 2.68. The summed E-state index contributed by atoms with van der Waals surface area (Å²) in [5.74, 6) is 0.566. The Kier molecular flexibility index (Phi) is 2.02. The van der Waals surface area contributed by atoms with Gasteiger partial charge in [0.15, 0.2) is 0 Å². The van der Waals surface area contributed by atoms with E-state index in [0.717, 1.165) is 6.42 Å². The first kappa shape index (κ1) is 8.25. The van der Waals surface area contributed by atoms with Gasteiger partial charge in [-0.15, -0.1) is 0 Å². The van der Waals surface area contributed by atoms with Gasteiger partial charge in [0, 0.05) is 11.9 Å². The fourth-order valence-electron chi connectivity index (χ4n) is 1.96. The van der Waals surface area contributed by atoms with E-state index in [4.69, 9.17) is 5.26 Å². The maximum atomic E-state index is 8.72. The average molecular weight is 172 g/mol. The van der Waals surface area contributed by atoms with Crippen LogP contribution in [0.5, 0.6) is 0 Å². The van der Waals surface area contributed by atoms with Gasteiger partial charge in [0.25, 0.3) is 0 Å². The molecule has 0 bridgehead atoms. The molecule has 0 aromatic carbocycles. The molecule has 66 valence electrons. The maximum Gasteiger partial charge on any atom is 0.101 e. The van der Waals surface area contributed by atoms with Crippen LogP contribution in [0.15, 0.2) is 12.3 Å². The van der Waals surface area contributed by atoms with E-state index in [1.165, 1.54) is 24.1 Å². The molecule has 1 aromatic heterocycles. The van der Waals surface area contributed by atoms with Crippen LogP contribution in [-0.4, -0.2) is 4.98 Å². The molecular weight excluding hydrogens is 160 g/mol. The van der Waals surface area contributed by atoms with E-state index in [1.54, 1.807) is 6.20 Å². The summed E-state index contributed by atoms with van der Waals surface area (Å²) in [5.41, 5.74) is 3.16. The molecule has 2 nitrogen and oxygen atoms in total. The van der Waals surface area contributed by atoms with Gasteiger partial charge in [0.1, 0.15) is 6.07 Å². The Morgan fingerprint density at radius 2 is 2.46 bits per heavy atom. The van der Waals surface area contributed by atoms with Crippen LogP contribution in [-0.2, 0) is 6.42 Å². The molecule has 2 heteroatoms. The van der Waals surface area contributed by atoms with Crippen molar-refractivity contribution in [3.63, 3.8) is 0 Å². The fourth-order valence-corrected chi connectivity index (χ4v) is 1.96. The van der Waals surface area contributed by atoms with Gasteiger partial charge in [-0.2, -0.15) is 5.26 Å². The van der Waals surface area contributed by atoms with Crippen molar-refractivity contribution in [3.8, 4) is 6.07 Å². The van der Waals surface area contributed by atoms with Crippen molar-refractivity contribution in [2.75, 3.05) is 0 Å². The number of nitrogens with zero attached hydrogens (tertiary/aromatic N) is 2. The van der Waals surface area contributed by atoms with Gasteiger partial charge >= 0.3 is 0 Å². The number of nitriles is 1. The van der Waals surface area contributed by atoms with Crippen molar-refractivity contribution in [2.24, 2.45) is 0 Å². The standard InChI is InChI=1S/C11H12N2/c1-8-3-2-4-10-5-9(6-12)7-13-11(8)10/h5,7-8H,2-4H2,1H3. The highest BCUT2D eigenvalue weighted by atomic mass is 14.7. The third kappa shape index (κ3) is 1.42. The number of hydrogen-bond acceptors (Lipinski definition) is 2. The van der Waals surface area contributed by atoms with Crippen molar-refractivity contribution >= 4 is 0 Å². The van der Waals surface area contributed by atoms with Gasteiger partial charge < -0.3 is 0 Å². The Morgan fingerprint density at radius 1 is 1.62 bits per heavy atom. The Morgan fingerprint density at radius 3 is 3.23 bits per heavy atom. The van der Waals surface area contributed by atoms with Gasteiger partial charge in [0.2, 0.25) is 0 Å². The van der Waals surface area contributed by atoms with E-state index in [-0.39, 0.29) is 0 Å². The third-order valence-electron chi connectivity index (χ3n) is 2.68. The summed E-state index contributed by atoms with van der Waals surface area (Å²) in [6.45, 7) is 2.21. The summed E-state index contributed by atoms with van der Waals surface area (Å²) in [5, 5.41) is 8.72. The first-order valence-electron chi connectivity index (χ1n) is 4.70. The molecule has 0 saturated carbocycles. The summed E-state index contributed by atoms with van der Waals surface area (Å²) < 4.78 is 0. The molecule has 1 unspecified atom stereocenters. The van der Waals surface area contributed by atoms with Crippen LogP contribution in [0.4, 0.5) is 0 Å². The Labute approximate surface area is 78.2 Å². The topological polar surface area (TPSA) is 36.7 Å². The lowest BCUT2D eigenvalue weighted by molar-refractivity contribution is 0.573. The first-order chi connectivity index (χ1) is 6.31. The van der Waals surface area contributed by atoms with Gasteiger partial charge in [-0.1, -0.05) is 6.92 Å². The normalized spacial score (nSPS) is 20.5. The molecule has 1 aliphatic carbocycles. The van der Waals surface area contributed by atoms with Crippen molar-refractivity contribution in [1.29, 1.82) is 5.26 Å².